The first kappa shape index (κ1) is 22.6. The summed E-state index contributed by atoms with van der Waals surface area (Å²) in [4.78, 5) is 12.6. The van der Waals surface area contributed by atoms with E-state index >= 15 is 0 Å². The summed E-state index contributed by atoms with van der Waals surface area (Å²) in [5.41, 5.74) is -0.226. The summed E-state index contributed by atoms with van der Waals surface area (Å²) in [7, 11) is 0. The third-order valence-corrected chi connectivity index (χ3v) is 6.02. The number of halogens is 6. The van der Waals surface area contributed by atoms with Crippen molar-refractivity contribution < 1.29 is 18.0 Å². The Morgan fingerprint density at radius 3 is 2.43 bits per heavy atom. The second-order valence-corrected chi connectivity index (χ2v) is 8.06. The van der Waals surface area contributed by atoms with Gasteiger partial charge in [0.25, 0.3) is 0 Å². The van der Waals surface area contributed by atoms with Crippen LogP contribution in [0.1, 0.15) is 29.9 Å². The zero-order valence-corrected chi connectivity index (χ0v) is 18.7. The highest BCUT2D eigenvalue weighted by molar-refractivity contribution is 9.10. The van der Waals surface area contributed by atoms with Crippen molar-refractivity contribution in [2.75, 3.05) is 5.32 Å². The molecule has 12 heteroatoms. The Labute approximate surface area is 188 Å². The predicted octanol–water partition coefficient (Wildman–Crippen LogP) is 5.72. The van der Waals surface area contributed by atoms with Crippen molar-refractivity contribution in [3.63, 3.8) is 0 Å². The molecule has 0 aliphatic heterocycles. The van der Waals surface area contributed by atoms with Crippen molar-refractivity contribution in [3.05, 3.63) is 61.9 Å². The standard InChI is InChI=1S/C18H15BrCl2F3N5O/c1-9-15(19)16(18(22,23)24)27-29(9)10(2)17(30)25-14-6-7-28(26-14)8-11-12(20)4-3-5-13(11)21/h3-7,10H,8H2,1-2H3,(H,25,26,30). The molecule has 2 heterocycles. The topological polar surface area (TPSA) is 64.7 Å². The quantitative estimate of drug-likeness (QED) is 0.464. The van der Waals surface area contributed by atoms with E-state index in [0.29, 0.717) is 15.6 Å². The Balaban J connectivity index is 1.74. The van der Waals surface area contributed by atoms with Gasteiger partial charge >= 0.3 is 6.18 Å². The highest BCUT2D eigenvalue weighted by atomic mass is 79.9. The maximum atomic E-state index is 13.1. The molecule has 6 nitrogen and oxygen atoms in total. The number of alkyl halides is 3. The molecule has 0 fully saturated rings. The fourth-order valence-electron chi connectivity index (χ4n) is 2.76. The fraction of sp³-hybridized carbons (Fsp3) is 0.278. The van der Waals surface area contributed by atoms with Gasteiger partial charge in [-0.05, 0) is 41.9 Å². The minimum Gasteiger partial charge on any atom is -0.307 e. The maximum absolute atomic E-state index is 13.1. The lowest BCUT2D eigenvalue weighted by atomic mass is 10.2. The Hall–Kier alpha value is -2.04. The summed E-state index contributed by atoms with van der Waals surface area (Å²) in [5, 5.41) is 11.3. The van der Waals surface area contributed by atoms with E-state index in [0.717, 1.165) is 4.68 Å². The minimum absolute atomic E-state index is 0.184. The van der Waals surface area contributed by atoms with Crippen molar-refractivity contribution in [2.24, 2.45) is 0 Å². The number of aromatic nitrogens is 4. The lowest BCUT2D eigenvalue weighted by Crippen LogP contribution is -2.26. The normalized spacial score (nSPS) is 12.8. The number of nitrogens with one attached hydrogen (secondary N) is 1. The third-order valence-electron chi connectivity index (χ3n) is 4.37. The molecule has 1 amide bonds. The van der Waals surface area contributed by atoms with E-state index in [9.17, 15) is 18.0 Å². The van der Waals surface area contributed by atoms with Crippen LogP contribution in [-0.4, -0.2) is 25.5 Å². The van der Waals surface area contributed by atoms with Crippen molar-refractivity contribution in [1.29, 1.82) is 0 Å². The molecule has 1 aromatic carbocycles. The van der Waals surface area contributed by atoms with Gasteiger partial charge in [0, 0.05) is 27.9 Å². The van der Waals surface area contributed by atoms with Crippen LogP contribution in [0.2, 0.25) is 10.0 Å². The van der Waals surface area contributed by atoms with Crippen LogP contribution in [0, 0.1) is 6.92 Å². The minimum atomic E-state index is -4.64. The molecule has 30 heavy (non-hydrogen) atoms. The van der Waals surface area contributed by atoms with Crippen LogP contribution in [0.5, 0.6) is 0 Å². The molecule has 1 N–H and O–H groups in total. The molecule has 0 spiro atoms. The molecular weight excluding hydrogens is 510 g/mol. The highest BCUT2D eigenvalue weighted by Gasteiger charge is 2.39. The smallest absolute Gasteiger partial charge is 0.307 e. The van der Waals surface area contributed by atoms with Gasteiger partial charge in [-0.15, -0.1) is 0 Å². The molecule has 0 aliphatic carbocycles. The third kappa shape index (κ3) is 4.65. The molecule has 0 radical (unpaired) electrons. The highest BCUT2D eigenvalue weighted by Crippen LogP contribution is 2.36. The van der Waals surface area contributed by atoms with E-state index < -0.39 is 23.8 Å². The van der Waals surface area contributed by atoms with Crippen molar-refractivity contribution in [3.8, 4) is 0 Å². The number of hydrogen-bond acceptors (Lipinski definition) is 3. The molecule has 0 aliphatic rings. The number of anilines is 1. The number of benzene rings is 1. The van der Waals surface area contributed by atoms with Gasteiger partial charge in [0.05, 0.1) is 16.7 Å². The second-order valence-electron chi connectivity index (χ2n) is 6.45. The zero-order valence-electron chi connectivity index (χ0n) is 15.6. The Morgan fingerprint density at radius 1 is 1.23 bits per heavy atom. The molecule has 1 atom stereocenters. The number of carbonyl (C=O) groups is 1. The summed E-state index contributed by atoms with van der Waals surface area (Å²) >= 11 is 15.2. The average molecular weight is 525 g/mol. The number of amides is 1. The predicted molar refractivity (Wildman–Crippen MR) is 111 cm³/mol. The van der Waals surface area contributed by atoms with E-state index in [1.165, 1.54) is 18.5 Å². The van der Waals surface area contributed by atoms with Gasteiger partial charge in [-0.1, -0.05) is 29.3 Å². The fourth-order valence-corrected chi connectivity index (χ4v) is 3.76. The van der Waals surface area contributed by atoms with E-state index in [1.807, 2.05) is 0 Å². The number of nitrogens with zero attached hydrogens (tertiary/aromatic N) is 4. The molecule has 0 bridgehead atoms. The molecule has 3 rings (SSSR count). The summed E-state index contributed by atoms with van der Waals surface area (Å²) < 4.78 is 41.5. The first-order chi connectivity index (χ1) is 14.0. The maximum Gasteiger partial charge on any atom is 0.436 e. The summed E-state index contributed by atoms with van der Waals surface area (Å²) in [6.07, 6.45) is -3.01. The summed E-state index contributed by atoms with van der Waals surface area (Å²) in [5.74, 6) is -0.335. The van der Waals surface area contributed by atoms with Crippen LogP contribution in [0.3, 0.4) is 0 Å². The first-order valence-corrected chi connectivity index (χ1v) is 10.1. The van der Waals surface area contributed by atoms with Crippen LogP contribution in [0.15, 0.2) is 34.9 Å². The zero-order chi connectivity index (χ0) is 22.2. The van der Waals surface area contributed by atoms with Crippen LogP contribution in [0.4, 0.5) is 19.0 Å². The lowest BCUT2D eigenvalue weighted by molar-refractivity contribution is -0.142. The van der Waals surface area contributed by atoms with Gasteiger partial charge in [0.1, 0.15) is 6.04 Å². The van der Waals surface area contributed by atoms with E-state index in [-0.39, 0.29) is 22.5 Å². The van der Waals surface area contributed by atoms with Gasteiger partial charge in [-0.25, -0.2) is 0 Å². The second kappa shape index (κ2) is 8.60. The molecule has 0 saturated carbocycles. The Morgan fingerprint density at radius 2 is 1.87 bits per heavy atom. The van der Waals surface area contributed by atoms with Crippen molar-refractivity contribution in [1.82, 2.24) is 19.6 Å². The van der Waals surface area contributed by atoms with Crippen LogP contribution >= 0.6 is 39.1 Å². The number of rotatable bonds is 5. The van der Waals surface area contributed by atoms with Crippen LogP contribution < -0.4 is 5.32 Å². The van der Waals surface area contributed by atoms with Gasteiger partial charge in [-0.2, -0.15) is 23.4 Å². The summed E-state index contributed by atoms with van der Waals surface area (Å²) in [6.45, 7) is 3.17. The molecule has 160 valence electrons. The van der Waals surface area contributed by atoms with E-state index in [4.69, 9.17) is 23.2 Å². The Kier molecular flexibility index (Phi) is 6.49. The lowest BCUT2D eigenvalue weighted by Gasteiger charge is -2.13. The van der Waals surface area contributed by atoms with Crippen LogP contribution in [0.25, 0.3) is 0 Å². The molecule has 3 aromatic rings. The molecule has 0 saturated heterocycles. The Bertz CT molecular complexity index is 1080. The van der Waals surface area contributed by atoms with Gasteiger partial charge in [-0.3, -0.25) is 14.2 Å². The van der Waals surface area contributed by atoms with Gasteiger partial charge in [0.15, 0.2) is 11.5 Å². The number of carbonyl (C=O) groups excluding carboxylic acids is 1. The molecule has 2 aromatic heterocycles. The largest absolute Gasteiger partial charge is 0.436 e. The van der Waals surface area contributed by atoms with Crippen LogP contribution in [-0.2, 0) is 17.5 Å². The van der Waals surface area contributed by atoms with Gasteiger partial charge < -0.3 is 5.32 Å². The van der Waals surface area contributed by atoms with Crippen molar-refractivity contribution in [2.45, 2.75) is 32.6 Å². The molecular formula is C18H15BrCl2F3N5O. The van der Waals surface area contributed by atoms with Gasteiger partial charge in [0.2, 0.25) is 5.91 Å². The molecule has 1 unspecified atom stereocenters. The summed E-state index contributed by atoms with van der Waals surface area (Å²) in [6, 6.07) is 5.69. The first-order valence-electron chi connectivity index (χ1n) is 8.58. The monoisotopic (exact) mass is 523 g/mol. The number of hydrogen-bond donors (Lipinski definition) is 1. The SMILES string of the molecule is Cc1c(Br)c(C(F)(F)F)nn1C(C)C(=O)Nc1ccn(Cc2c(Cl)cccc2Cl)n1. The van der Waals surface area contributed by atoms with E-state index in [2.05, 4.69) is 31.4 Å². The van der Waals surface area contributed by atoms with Crippen molar-refractivity contribution >= 4 is 50.9 Å². The van der Waals surface area contributed by atoms with E-state index in [1.54, 1.807) is 30.5 Å². The average Bonchev–Trinajstić information content (AvgIpc) is 3.22.